The second-order valence-electron chi connectivity index (χ2n) is 5.26. The van der Waals surface area contributed by atoms with E-state index in [2.05, 4.69) is 4.98 Å². The lowest BCUT2D eigenvalue weighted by Crippen LogP contribution is -2.31. The molecule has 0 bridgehead atoms. The van der Waals surface area contributed by atoms with Gasteiger partial charge in [0.2, 0.25) is 0 Å². The summed E-state index contributed by atoms with van der Waals surface area (Å²) in [6, 6.07) is 15.2. The first-order valence-electron chi connectivity index (χ1n) is 7.24. The molecule has 0 radical (unpaired) electrons. The van der Waals surface area contributed by atoms with Crippen molar-refractivity contribution in [3.63, 3.8) is 0 Å². The molecule has 0 saturated carbocycles. The van der Waals surface area contributed by atoms with Gasteiger partial charge >= 0.3 is 5.69 Å². The van der Waals surface area contributed by atoms with Gasteiger partial charge in [0.25, 0.3) is 0 Å². The fourth-order valence-corrected chi connectivity index (χ4v) is 2.31. The number of nitrogen functional groups attached to an aromatic ring is 1. The van der Waals surface area contributed by atoms with Gasteiger partial charge < -0.3 is 15.6 Å². The second-order valence-corrected chi connectivity index (χ2v) is 5.26. The van der Waals surface area contributed by atoms with E-state index >= 15 is 0 Å². The van der Waals surface area contributed by atoms with Gasteiger partial charge in [0.15, 0.2) is 0 Å². The largest absolute Gasteiger partial charge is 0.491 e. The molecule has 0 aliphatic carbocycles. The number of aliphatic hydroxyl groups is 1. The summed E-state index contributed by atoms with van der Waals surface area (Å²) in [5.41, 5.74) is 4.94. The van der Waals surface area contributed by atoms with E-state index in [-0.39, 0.29) is 19.0 Å². The number of nitrogens with zero attached hydrogens (tertiary/aromatic N) is 2. The first-order valence-corrected chi connectivity index (χ1v) is 7.24. The van der Waals surface area contributed by atoms with E-state index in [1.807, 2.05) is 42.5 Å². The molecule has 1 unspecified atom stereocenters. The van der Waals surface area contributed by atoms with Gasteiger partial charge in [-0.2, -0.15) is 4.98 Å². The molecule has 0 spiro atoms. The molecule has 6 heteroatoms. The Labute approximate surface area is 132 Å². The number of anilines is 1. The van der Waals surface area contributed by atoms with Crippen molar-refractivity contribution >= 4 is 16.6 Å². The molecule has 6 nitrogen and oxygen atoms in total. The molecule has 2 aromatic carbocycles. The van der Waals surface area contributed by atoms with Gasteiger partial charge in [-0.05, 0) is 29.0 Å². The summed E-state index contributed by atoms with van der Waals surface area (Å²) in [5, 5.41) is 12.2. The van der Waals surface area contributed by atoms with Crippen LogP contribution in [0.2, 0.25) is 0 Å². The van der Waals surface area contributed by atoms with Crippen molar-refractivity contribution in [2.45, 2.75) is 12.6 Å². The number of ether oxygens (including phenoxy) is 1. The molecule has 3 rings (SSSR count). The summed E-state index contributed by atoms with van der Waals surface area (Å²) in [7, 11) is 0. The molecule has 0 amide bonds. The molecular weight excluding hydrogens is 294 g/mol. The van der Waals surface area contributed by atoms with Crippen molar-refractivity contribution < 1.29 is 9.84 Å². The first-order chi connectivity index (χ1) is 11.1. The highest BCUT2D eigenvalue weighted by atomic mass is 16.5. The van der Waals surface area contributed by atoms with Crippen LogP contribution < -0.4 is 16.2 Å². The van der Waals surface area contributed by atoms with E-state index in [0.29, 0.717) is 5.75 Å². The van der Waals surface area contributed by atoms with Crippen LogP contribution in [0.25, 0.3) is 10.8 Å². The van der Waals surface area contributed by atoms with Crippen molar-refractivity contribution in [2.75, 3.05) is 12.3 Å². The maximum atomic E-state index is 11.6. The molecule has 0 aliphatic heterocycles. The molecule has 3 aromatic rings. The SMILES string of the molecule is Nc1ccn(CC(O)COc2ccc3ccccc3c2)c(=O)n1. The lowest BCUT2D eigenvalue weighted by molar-refractivity contribution is 0.0913. The van der Waals surface area contributed by atoms with Crippen LogP contribution in [0, 0.1) is 0 Å². The number of aliphatic hydroxyl groups excluding tert-OH is 1. The molecule has 0 aliphatic rings. The lowest BCUT2D eigenvalue weighted by Gasteiger charge is -2.14. The van der Waals surface area contributed by atoms with E-state index in [9.17, 15) is 9.90 Å². The number of fused-ring (bicyclic) bond motifs is 1. The van der Waals surface area contributed by atoms with Crippen molar-refractivity contribution in [3.8, 4) is 5.75 Å². The Morgan fingerprint density at radius 3 is 2.74 bits per heavy atom. The summed E-state index contributed by atoms with van der Waals surface area (Å²) < 4.78 is 6.90. The van der Waals surface area contributed by atoms with Crippen LogP contribution in [-0.2, 0) is 6.54 Å². The molecule has 1 heterocycles. The summed E-state index contributed by atoms with van der Waals surface area (Å²) in [6.45, 7) is 0.175. The van der Waals surface area contributed by atoms with Crippen LogP contribution >= 0.6 is 0 Å². The predicted molar refractivity (Wildman–Crippen MR) is 88.4 cm³/mol. The summed E-state index contributed by atoms with van der Waals surface area (Å²) in [5.74, 6) is 0.832. The summed E-state index contributed by atoms with van der Waals surface area (Å²) >= 11 is 0. The maximum Gasteiger partial charge on any atom is 0.349 e. The number of aromatic nitrogens is 2. The Kier molecular flexibility index (Phi) is 4.25. The normalized spacial score (nSPS) is 12.2. The second kappa shape index (κ2) is 6.50. The fraction of sp³-hybridized carbons (Fsp3) is 0.176. The zero-order chi connectivity index (χ0) is 16.2. The molecule has 1 aromatic heterocycles. The van der Waals surface area contributed by atoms with E-state index in [1.54, 1.807) is 0 Å². The van der Waals surface area contributed by atoms with Gasteiger partial charge in [-0.15, -0.1) is 0 Å². The van der Waals surface area contributed by atoms with Crippen LogP contribution in [0.5, 0.6) is 5.75 Å². The third-order valence-corrected chi connectivity index (χ3v) is 3.47. The highest BCUT2D eigenvalue weighted by Gasteiger charge is 2.08. The zero-order valence-corrected chi connectivity index (χ0v) is 12.4. The Morgan fingerprint density at radius 1 is 1.17 bits per heavy atom. The maximum absolute atomic E-state index is 11.6. The van der Waals surface area contributed by atoms with Crippen LogP contribution in [0.1, 0.15) is 0 Å². The number of hydrogen-bond donors (Lipinski definition) is 2. The minimum Gasteiger partial charge on any atom is -0.491 e. The van der Waals surface area contributed by atoms with Crippen molar-refractivity contribution in [3.05, 3.63) is 65.2 Å². The number of nitrogens with two attached hydrogens (primary N) is 1. The predicted octanol–water partition coefficient (Wildman–Crippen LogP) is 1.42. The van der Waals surface area contributed by atoms with Crippen LogP contribution in [-0.4, -0.2) is 27.4 Å². The molecule has 23 heavy (non-hydrogen) atoms. The van der Waals surface area contributed by atoms with E-state index in [4.69, 9.17) is 10.5 Å². The molecule has 3 N–H and O–H groups in total. The van der Waals surface area contributed by atoms with Gasteiger partial charge in [0.1, 0.15) is 24.3 Å². The van der Waals surface area contributed by atoms with Crippen molar-refractivity contribution in [1.82, 2.24) is 9.55 Å². The molecule has 1 atom stereocenters. The smallest absolute Gasteiger partial charge is 0.349 e. The Morgan fingerprint density at radius 2 is 1.96 bits per heavy atom. The van der Waals surface area contributed by atoms with E-state index < -0.39 is 11.8 Å². The van der Waals surface area contributed by atoms with Gasteiger partial charge in [-0.1, -0.05) is 30.3 Å². The topological polar surface area (TPSA) is 90.4 Å². The number of benzene rings is 2. The van der Waals surface area contributed by atoms with Gasteiger partial charge in [0, 0.05) is 6.20 Å². The minimum absolute atomic E-state index is 0.0785. The molecular formula is C17H17N3O3. The average Bonchev–Trinajstić information content (AvgIpc) is 2.55. The van der Waals surface area contributed by atoms with E-state index in [1.165, 1.54) is 16.8 Å². The minimum atomic E-state index is -0.829. The number of rotatable bonds is 5. The molecule has 118 valence electrons. The third-order valence-electron chi connectivity index (χ3n) is 3.47. The zero-order valence-electron chi connectivity index (χ0n) is 12.4. The standard InChI is InChI=1S/C17H17N3O3/c18-16-7-8-20(17(22)19-16)10-14(21)11-23-15-6-5-12-3-1-2-4-13(12)9-15/h1-9,14,21H,10-11H2,(H2,18,19,22). The monoisotopic (exact) mass is 311 g/mol. The van der Waals surface area contributed by atoms with Crippen LogP contribution in [0.4, 0.5) is 5.82 Å². The Balaban J connectivity index is 1.63. The summed E-state index contributed by atoms with van der Waals surface area (Å²) in [4.78, 5) is 15.2. The lowest BCUT2D eigenvalue weighted by atomic mass is 10.1. The Bertz CT molecular complexity index is 876. The highest BCUT2D eigenvalue weighted by molar-refractivity contribution is 5.83. The van der Waals surface area contributed by atoms with Gasteiger partial charge in [-0.25, -0.2) is 4.79 Å². The van der Waals surface area contributed by atoms with Crippen molar-refractivity contribution in [2.24, 2.45) is 0 Å². The van der Waals surface area contributed by atoms with Gasteiger partial charge in [0.05, 0.1) is 6.54 Å². The van der Waals surface area contributed by atoms with E-state index in [0.717, 1.165) is 10.8 Å². The van der Waals surface area contributed by atoms with Gasteiger partial charge in [-0.3, -0.25) is 4.57 Å². The summed E-state index contributed by atoms with van der Waals surface area (Å²) in [6.07, 6.45) is 0.675. The fourth-order valence-electron chi connectivity index (χ4n) is 2.31. The number of hydrogen-bond acceptors (Lipinski definition) is 5. The highest BCUT2D eigenvalue weighted by Crippen LogP contribution is 2.20. The average molecular weight is 311 g/mol. The quantitative estimate of drug-likeness (QED) is 0.743. The first kappa shape index (κ1) is 15.1. The van der Waals surface area contributed by atoms with Crippen LogP contribution in [0.3, 0.4) is 0 Å². The van der Waals surface area contributed by atoms with Crippen molar-refractivity contribution in [1.29, 1.82) is 0 Å². The molecule has 0 saturated heterocycles. The molecule has 0 fully saturated rings. The third kappa shape index (κ3) is 3.67. The van der Waals surface area contributed by atoms with Crippen LogP contribution in [0.15, 0.2) is 59.5 Å². The Hall–Kier alpha value is -2.86.